The number of anilines is 1. The van der Waals surface area contributed by atoms with E-state index in [1.165, 1.54) is 29.5 Å². The number of hydrogen-bond donors (Lipinski definition) is 1. The van der Waals surface area contributed by atoms with Gasteiger partial charge in [0.2, 0.25) is 0 Å². The van der Waals surface area contributed by atoms with Crippen LogP contribution in [0.25, 0.3) is 0 Å². The molecule has 1 aliphatic heterocycles. The Kier molecular flexibility index (Phi) is 6.25. The number of amides is 1. The van der Waals surface area contributed by atoms with Crippen molar-refractivity contribution >= 4 is 22.2 Å². The molecule has 1 aliphatic rings. The van der Waals surface area contributed by atoms with Gasteiger partial charge in [-0.3, -0.25) is 9.69 Å². The van der Waals surface area contributed by atoms with Crippen molar-refractivity contribution in [2.75, 3.05) is 25.5 Å². The van der Waals surface area contributed by atoms with Crippen molar-refractivity contribution in [1.29, 1.82) is 0 Å². The van der Waals surface area contributed by atoms with Crippen molar-refractivity contribution in [2.45, 2.75) is 32.7 Å². The van der Waals surface area contributed by atoms with Gasteiger partial charge in [-0.2, -0.15) is 0 Å². The zero-order valence-corrected chi connectivity index (χ0v) is 18.5. The number of rotatable bonds is 6. The van der Waals surface area contributed by atoms with Crippen LogP contribution in [-0.2, 0) is 0 Å². The molecular weight excluding hydrogens is 396 g/mol. The molecule has 5 nitrogen and oxygen atoms in total. The van der Waals surface area contributed by atoms with E-state index < -0.39 is 0 Å². The van der Waals surface area contributed by atoms with Crippen LogP contribution in [0.1, 0.15) is 52.4 Å². The number of aryl methyl sites for hydroxylation is 1. The van der Waals surface area contributed by atoms with Crippen molar-refractivity contribution in [3.05, 3.63) is 70.5 Å². The molecular formula is C24H28N2O3S. The molecule has 4 rings (SSSR count). The molecule has 3 aromatic rings. The van der Waals surface area contributed by atoms with Crippen LogP contribution in [0, 0.1) is 12.8 Å². The third-order valence-electron chi connectivity index (χ3n) is 5.77. The monoisotopic (exact) mass is 424 g/mol. The second-order valence-corrected chi connectivity index (χ2v) is 9.22. The van der Waals surface area contributed by atoms with Gasteiger partial charge in [-0.25, -0.2) is 0 Å². The van der Waals surface area contributed by atoms with Crippen LogP contribution in [0.5, 0.6) is 5.75 Å². The summed E-state index contributed by atoms with van der Waals surface area (Å²) in [4.78, 5) is 16.4. The van der Waals surface area contributed by atoms with Gasteiger partial charge in [0.1, 0.15) is 10.8 Å². The van der Waals surface area contributed by atoms with E-state index >= 15 is 0 Å². The number of methoxy groups -OCH3 is 1. The number of ether oxygens (including phenoxy) is 1. The fourth-order valence-electron chi connectivity index (χ4n) is 4.07. The number of thiophene rings is 1. The van der Waals surface area contributed by atoms with Crippen LogP contribution in [0.3, 0.4) is 0 Å². The predicted octanol–water partition coefficient (Wildman–Crippen LogP) is 5.73. The fourth-order valence-corrected chi connectivity index (χ4v) is 5.01. The first-order valence-electron chi connectivity index (χ1n) is 10.4. The van der Waals surface area contributed by atoms with Crippen molar-refractivity contribution in [3.63, 3.8) is 0 Å². The van der Waals surface area contributed by atoms with Gasteiger partial charge >= 0.3 is 0 Å². The molecule has 1 N–H and O–H groups in total. The Hall–Kier alpha value is -2.57. The number of piperidine rings is 1. The minimum Gasteiger partial charge on any atom is -0.497 e. The Morgan fingerprint density at radius 3 is 2.60 bits per heavy atom. The first kappa shape index (κ1) is 20.7. The minimum absolute atomic E-state index is 0.0836. The van der Waals surface area contributed by atoms with E-state index in [1.807, 2.05) is 12.1 Å². The Morgan fingerprint density at radius 1 is 1.23 bits per heavy atom. The average Bonchev–Trinajstić information content (AvgIpc) is 3.41. The maximum atomic E-state index is 12.7. The van der Waals surface area contributed by atoms with Gasteiger partial charge in [0.15, 0.2) is 5.76 Å². The predicted molar refractivity (Wildman–Crippen MR) is 121 cm³/mol. The maximum Gasteiger partial charge on any atom is 0.291 e. The van der Waals surface area contributed by atoms with E-state index in [0.29, 0.717) is 5.76 Å². The number of likely N-dealkylation sites (tertiary alicyclic amines) is 1. The smallest absolute Gasteiger partial charge is 0.291 e. The number of benzene rings is 1. The summed E-state index contributed by atoms with van der Waals surface area (Å²) in [6.07, 6.45) is 3.89. The average molecular weight is 425 g/mol. The fraction of sp³-hybridized carbons (Fsp3) is 0.375. The van der Waals surface area contributed by atoms with E-state index in [-0.39, 0.29) is 11.9 Å². The van der Waals surface area contributed by atoms with Gasteiger partial charge < -0.3 is 14.5 Å². The van der Waals surface area contributed by atoms with Crippen molar-refractivity contribution in [2.24, 2.45) is 5.92 Å². The Balaban J connectivity index is 1.70. The quantitative estimate of drug-likeness (QED) is 0.549. The van der Waals surface area contributed by atoms with E-state index in [0.717, 1.165) is 35.3 Å². The Bertz CT molecular complexity index is 971. The maximum absolute atomic E-state index is 12.7. The van der Waals surface area contributed by atoms with Crippen LogP contribution in [0.2, 0.25) is 0 Å². The second kappa shape index (κ2) is 9.06. The van der Waals surface area contributed by atoms with Crippen LogP contribution in [0.4, 0.5) is 5.00 Å². The molecule has 0 saturated carbocycles. The van der Waals surface area contributed by atoms with Crippen LogP contribution < -0.4 is 10.1 Å². The van der Waals surface area contributed by atoms with E-state index in [4.69, 9.17) is 9.15 Å². The van der Waals surface area contributed by atoms with Gasteiger partial charge in [-0.05, 0) is 74.7 Å². The number of furan rings is 1. The summed E-state index contributed by atoms with van der Waals surface area (Å²) in [6, 6.07) is 14.0. The van der Waals surface area contributed by atoms with Crippen LogP contribution in [-0.4, -0.2) is 31.0 Å². The van der Waals surface area contributed by atoms with Crippen molar-refractivity contribution < 1.29 is 13.9 Å². The lowest BCUT2D eigenvalue weighted by atomic mass is 9.92. The zero-order valence-electron chi connectivity index (χ0n) is 17.7. The van der Waals surface area contributed by atoms with Gasteiger partial charge in [0, 0.05) is 10.4 Å². The number of hydrogen-bond acceptors (Lipinski definition) is 5. The molecule has 1 amide bonds. The van der Waals surface area contributed by atoms with Gasteiger partial charge in [0.05, 0.1) is 19.4 Å². The Labute approximate surface area is 181 Å². The highest BCUT2D eigenvalue weighted by Gasteiger charge is 2.29. The third-order valence-corrected chi connectivity index (χ3v) is 6.75. The third kappa shape index (κ3) is 4.45. The molecule has 2 aromatic heterocycles. The molecule has 1 saturated heterocycles. The highest BCUT2D eigenvalue weighted by Crippen LogP contribution is 2.41. The zero-order chi connectivity index (χ0) is 21.1. The lowest BCUT2D eigenvalue weighted by Gasteiger charge is -2.37. The lowest BCUT2D eigenvalue weighted by molar-refractivity contribution is 0.0996. The molecule has 0 unspecified atom stereocenters. The van der Waals surface area contributed by atoms with Crippen LogP contribution >= 0.6 is 11.3 Å². The summed E-state index contributed by atoms with van der Waals surface area (Å²) in [5.41, 5.74) is 2.34. The van der Waals surface area contributed by atoms with E-state index in [2.05, 4.69) is 42.3 Å². The number of carbonyl (C=O) groups excluding carboxylic acids is 1. The molecule has 1 fully saturated rings. The van der Waals surface area contributed by atoms with Gasteiger partial charge in [-0.1, -0.05) is 19.1 Å². The number of nitrogens with one attached hydrogen (secondary N) is 1. The summed E-state index contributed by atoms with van der Waals surface area (Å²) in [5.74, 6) is 1.70. The lowest BCUT2D eigenvalue weighted by Crippen LogP contribution is -2.37. The summed E-state index contributed by atoms with van der Waals surface area (Å²) in [5, 5.41) is 3.97. The van der Waals surface area contributed by atoms with Gasteiger partial charge in [-0.15, -0.1) is 11.3 Å². The van der Waals surface area contributed by atoms with Crippen molar-refractivity contribution in [1.82, 2.24) is 4.90 Å². The molecule has 3 heterocycles. The molecule has 30 heavy (non-hydrogen) atoms. The molecule has 0 spiro atoms. The summed E-state index contributed by atoms with van der Waals surface area (Å²) >= 11 is 1.61. The number of carbonyl (C=O) groups is 1. The molecule has 158 valence electrons. The highest BCUT2D eigenvalue weighted by molar-refractivity contribution is 7.16. The first-order chi connectivity index (χ1) is 14.5. The number of nitrogens with zero attached hydrogens (tertiary/aromatic N) is 1. The molecule has 0 aliphatic carbocycles. The molecule has 0 bridgehead atoms. The SMILES string of the molecule is COc1ccc([C@@H](c2cc(C)sc2NC(=O)c2ccco2)N2CCC(C)CC2)cc1. The van der Waals surface area contributed by atoms with E-state index in [9.17, 15) is 4.79 Å². The highest BCUT2D eigenvalue weighted by atomic mass is 32.1. The summed E-state index contributed by atoms with van der Waals surface area (Å²) in [6.45, 7) is 6.49. The van der Waals surface area contributed by atoms with Crippen molar-refractivity contribution in [3.8, 4) is 5.75 Å². The Morgan fingerprint density at radius 2 is 1.97 bits per heavy atom. The first-order valence-corrected chi connectivity index (χ1v) is 11.2. The topological polar surface area (TPSA) is 54.7 Å². The summed E-state index contributed by atoms with van der Waals surface area (Å²) < 4.78 is 10.6. The molecule has 6 heteroatoms. The van der Waals surface area contributed by atoms with Crippen LogP contribution in [0.15, 0.2) is 53.1 Å². The molecule has 1 atom stereocenters. The van der Waals surface area contributed by atoms with E-state index in [1.54, 1.807) is 30.6 Å². The van der Waals surface area contributed by atoms with Gasteiger partial charge in [0.25, 0.3) is 5.91 Å². The molecule has 0 radical (unpaired) electrons. The molecule has 1 aromatic carbocycles. The second-order valence-electron chi connectivity index (χ2n) is 7.97. The minimum atomic E-state index is -0.219. The normalized spacial score (nSPS) is 16.4. The standard InChI is InChI=1S/C24H28N2O3S/c1-16-10-12-26(13-11-16)22(18-6-8-19(28-3)9-7-18)20-15-17(2)30-24(20)25-23(27)21-5-4-14-29-21/h4-9,14-16,22H,10-13H2,1-3H3,(H,25,27)/t22-/m0/s1. The summed E-state index contributed by atoms with van der Waals surface area (Å²) in [7, 11) is 1.68. The largest absolute Gasteiger partial charge is 0.497 e.